The van der Waals surface area contributed by atoms with Gasteiger partial charge in [0, 0.05) is 12.4 Å². The first kappa shape index (κ1) is 12.2. The number of fused-ring (bicyclic) bond motifs is 1. The van der Waals surface area contributed by atoms with E-state index in [1.165, 1.54) is 6.07 Å². The number of aryl methyl sites for hydroxylation is 1. The van der Waals surface area contributed by atoms with Crippen LogP contribution in [-0.2, 0) is 0 Å². The summed E-state index contributed by atoms with van der Waals surface area (Å²) in [6, 6.07) is 10.4. The molecule has 0 aliphatic heterocycles. The summed E-state index contributed by atoms with van der Waals surface area (Å²) in [5.41, 5.74) is 1.81. The van der Waals surface area contributed by atoms with Crippen molar-refractivity contribution in [3.63, 3.8) is 0 Å². The van der Waals surface area contributed by atoms with Gasteiger partial charge in [-0.15, -0.1) is 0 Å². The van der Waals surface area contributed by atoms with Crippen molar-refractivity contribution in [2.24, 2.45) is 0 Å². The normalized spacial score (nSPS) is 10.7. The van der Waals surface area contributed by atoms with Crippen LogP contribution in [-0.4, -0.2) is 20.5 Å². The Bertz CT molecular complexity index is 793. The van der Waals surface area contributed by atoms with Crippen molar-refractivity contribution < 1.29 is 14.6 Å². The molecule has 1 aromatic carbocycles. The maximum Gasteiger partial charge on any atom is 0.335 e. The van der Waals surface area contributed by atoms with E-state index in [9.17, 15) is 4.79 Å². The molecular formula is C15H12N2O3. The van der Waals surface area contributed by atoms with Crippen LogP contribution in [0.1, 0.15) is 15.9 Å². The Morgan fingerprint density at radius 3 is 2.90 bits per heavy atom. The second-order valence-electron chi connectivity index (χ2n) is 4.41. The van der Waals surface area contributed by atoms with E-state index in [1.54, 1.807) is 18.3 Å². The molecule has 5 nitrogen and oxygen atoms in total. The van der Waals surface area contributed by atoms with E-state index in [1.807, 2.05) is 35.7 Å². The second-order valence-corrected chi connectivity index (χ2v) is 4.41. The number of hydrogen-bond donors (Lipinski definition) is 1. The van der Waals surface area contributed by atoms with Crippen LogP contribution in [0.25, 0.3) is 5.65 Å². The molecule has 3 aromatic rings. The molecule has 0 radical (unpaired) electrons. The van der Waals surface area contributed by atoms with Crippen molar-refractivity contribution in [1.29, 1.82) is 0 Å². The molecule has 0 bridgehead atoms. The predicted octanol–water partition coefficient (Wildman–Crippen LogP) is 3.13. The maximum absolute atomic E-state index is 10.9. The first-order valence-electron chi connectivity index (χ1n) is 6.09. The third-order valence-corrected chi connectivity index (χ3v) is 3.03. The van der Waals surface area contributed by atoms with Gasteiger partial charge in [0.25, 0.3) is 0 Å². The van der Waals surface area contributed by atoms with Gasteiger partial charge >= 0.3 is 5.97 Å². The first-order chi connectivity index (χ1) is 9.65. The molecule has 5 heteroatoms. The van der Waals surface area contributed by atoms with E-state index in [4.69, 9.17) is 9.84 Å². The molecule has 0 unspecified atom stereocenters. The first-order valence-corrected chi connectivity index (χ1v) is 6.09. The summed E-state index contributed by atoms with van der Waals surface area (Å²) in [5.74, 6) is 0.304. The van der Waals surface area contributed by atoms with E-state index in [2.05, 4.69) is 4.98 Å². The van der Waals surface area contributed by atoms with E-state index < -0.39 is 5.97 Å². The fourth-order valence-electron chi connectivity index (χ4n) is 2.01. The number of pyridine rings is 1. The van der Waals surface area contributed by atoms with Crippen LogP contribution in [0.5, 0.6) is 11.6 Å². The highest BCUT2D eigenvalue weighted by Gasteiger charge is 2.09. The number of imidazole rings is 1. The highest BCUT2D eigenvalue weighted by Crippen LogP contribution is 2.26. The molecule has 3 rings (SSSR count). The molecule has 2 heterocycles. The standard InChI is InChI=1S/C15H12N2O3/c1-10-9-11(15(18)19)5-6-12(10)20-14-4-2-3-13-16-7-8-17(13)14/h2-9H,1H3,(H,18,19). The van der Waals surface area contributed by atoms with Crippen molar-refractivity contribution in [1.82, 2.24) is 9.38 Å². The largest absolute Gasteiger partial charge is 0.478 e. The smallest absolute Gasteiger partial charge is 0.335 e. The topological polar surface area (TPSA) is 63.8 Å². The predicted molar refractivity (Wildman–Crippen MR) is 73.4 cm³/mol. The summed E-state index contributed by atoms with van der Waals surface area (Å²) in [5, 5.41) is 8.95. The summed E-state index contributed by atoms with van der Waals surface area (Å²) >= 11 is 0. The Hall–Kier alpha value is -2.82. The van der Waals surface area contributed by atoms with E-state index in [0.717, 1.165) is 11.2 Å². The van der Waals surface area contributed by atoms with Gasteiger partial charge in [-0.25, -0.2) is 9.78 Å². The zero-order valence-electron chi connectivity index (χ0n) is 10.8. The van der Waals surface area contributed by atoms with Crippen LogP contribution in [0.4, 0.5) is 0 Å². The van der Waals surface area contributed by atoms with Gasteiger partial charge in [0.05, 0.1) is 5.56 Å². The van der Waals surface area contributed by atoms with Gasteiger partial charge in [0.15, 0.2) is 0 Å². The molecule has 0 aliphatic rings. The number of carbonyl (C=O) groups is 1. The van der Waals surface area contributed by atoms with Crippen LogP contribution in [0, 0.1) is 6.92 Å². The Morgan fingerprint density at radius 2 is 2.15 bits per heavy atom. The number of carboxylic acids is 1. The lowest BCUT2D eigenvalue weighted by molar-refractivity contribution is 0.0697. The van der Waals surface area contributed by atoms with Gasteiger partial charge < -0.3 is 9.84 Å². The van der Waals surface area contributed by atoms with Crippen LogP contribution in [0.2, 0.25) is 0 Å². The van der Waals surface area contributed by atoms with Crippen molar-refractivity contribution in [2.45, 2.75) is 6.92 Å². The number of ether oxygens (including phenoxy) is 1. The van der Waals surface area contributed by atoms with Crippen molar-refractivity contribution in [3.05, 3.63) is 59.9 Å². The molecule has 0 atom stereocenters. The van der Waals surface area contributed by atoms with E-state index >= 15 is 0 Å². The Balaban J connectivity index is 1.99. The second kappa shape index (κ2) is 4.70. The molecule has 100 valence electrons. The fraction of sp³-hybridized carbons (Fsp3) is 0.0667. The average molecular weight is 268 g/mol. The molecule has 0 amide bonds. The molecule has 0 spiro atoms. The third kappa shape index (κ3) is 2.09. The Morgan fingerprint density at radius 1 is 1.30 bits per heavy atom. The number of aromatic nitrogens is 2. The number of aromatic carboxylic acids is 1. The number of nitrogens with zero attached hydrogens (tertiary/aromatic N) is 2. The lowest BCUT2D eigenvalue weighted by Crippen LogP contribution is -1.98. The lowest BCUT2D eigenvalue weighted by atomic mass is 10.1. The molecule has 1 N–H and O–H groups in total. The van der Waals surface area contributed by atoms with Crippen LogP contribution in [0.15, 0.2) is 48.8 Å². The van der Waals surface area contributed by atoms with E-state index in [0.29, 0.717) is 11.6 Å². The molecule has 0 aliphatic carbocycles. The van der Waals surface area contributed by atoms with E-state index in [-0.39, 0.29) is 5.56 Å². The molecule has 2 aromatic heterocycles. The number of benzene rings is 1. The Kier molecular flexibility index (Phi) is 2.87. The fourth-order valence-corrected chi connectivity index (χ4v) is 2.01. The van der Waals surface area contributed by atoms with Crippen molar-refractivity contribution >= 4 is 11.6 Å². The zero-order valence-corrected chi connectivity index (χ0v) is 10.8. The molecule has 20 heavy (non-hydrogen) atoms. The van der Waals surface area contributed by atoms with Crippen LogP contribution in [0.3, 0.4) is 0 Å². The van der Waals surface area contributed by atoms with Crippen LogP contribution >= 0.6 is 0 Å². The van der Waals surface area contributed by atoms with Gasteiger partial charge in [-0.2, -0.15) is 0 Å². The molecule has 0 fully saturated rings. The number of carboxylic acid groups (broad SMARTS) is 1. The minimum atomic E-state index is -0.948. The minimum absolute atomic E-state index is 0.246. The monoisotopic (exact) mass is 268 g/mol. The van der Waals surface area contributed by atoms with Gasteiger partial charge in [-0.3, -0.25) is 4.40 Å². The summed E-state index contributed by atoms with van der Waals surface area (Å²) < 4.78 is 7.67. The maximum atomic E-state index is 10.9. The summed E-state index contributed by atoms with van der Waals surface area (Å²) in [7, 11) is 0. The zero-order chi connectivity index (χ0) is 14.1. The number of hydrogen-bond acceptors (Lipinski definition) is 3. The SMILES string of the molecule is Cc1cc(C(=O)O)ccc1Oc1cccc2nccn12. The minimum Gasteiger partial charge on any atom is -0.478 e. The van der Waals surface area contributed by atoms with Crippen molar-refractivity contribution in [3.8, 4) is 11.6 Å². The number of rotatable bonds is 3. The Labute approximate surface area is 115 Å². The molecular weight excluding hydrogens is 256 g/mol. The quantitative estimate of drug-likeness (QED) is 0.792. The lowest BCUT2D eigenvalue weighted by Gasteiger charge is -2.10. The molecule has 0 saturated carbocycles. The highest BCUT2D eigenvalue weighted by molar-refractivity contribution is 5.88. The summed E-state index contributed by atoms with van der Waals surface area (Å²) in [6.45, 7) is 1.82. The molecule has 0 saturated heterocycles. The summed E-state index contributed by atoms with van der Waals surface area (Å²) in [6.07, 6.45) is 3.51. The van der Waals surface area contributed by atoms with Crippen molar-refractivity contribution in [2.75, 3.05) is 0 Å². The highest BCUT2D eigenvalue weighted by atomic mass is 16.5. The van der Waals surface area contributed by atoms with Gasteiger partial charge in [0.2, 0.25) is 5.88 Å². The van der Waals surface area contributed by atoms with Gasteiger partial charge in [-0.1, -0.05) is 6.07 Å². The van der Waals surface area contributed by atoms with Gasteiger partial charge in [-0.05, 0) is 42.8 Å². The van der Waals surface area contributed by atoms with Gasteiger partial charge in [0.1, 0.15) is 11.4 Å². The van der Waals surface area contributed by atoms with Crippen LogP contribution < -0.4 is 4.74 Å². The third-order valence-electron chi connectivity index (χ3n) is 3.03. The summed E-state index contributed by atoms with van der Waals surface area (Å²) in [4.78, 5) is 15.1. The average Bonchev–Trinajstić information content (AvgIpc) is 2.90.